The van der Waals surface area contributed by atoms with Crippen molar-refractivity contribution in [3.63, 3.8) is 0 Å². The summed E-state index contributed by atoms with van der Waals surface area (Å²) < 4.78 is 5.13. The molecule has 3 nitrogen and oxygen atoms in total. The van der Waals surface area contributed by atoms with Crippen molar-refractivity contribution >= 4 is 5.97 Å². The number of hydrogen-bond acceptors (Lipinski definition) is 3. The summed E-state index contributed by atoms with van der Waals surface area (Å²) in [6.07, 6.45) is 4.03. The Labute approximate surface area is 77.8 Å². The predicted molar refractivity (Wildman–Crippen MR) is 48.2 cm³/mol. The quantitative estimate of drug-likeness (QED) is 0.616. The maximum atomic E-state index is 11.4. The van der Waals surface area contributed by atoms with Crippen molar-refractivity contribution < 1.29 is 9.53 Å². The highest BCUT2D eigenvalue weighted by Crippen LogP contribution is 2.10. The molecule has 0 amide bonds. The molecule has 3 heteroatoms. The second-order valence-corrected chi connectivity index (χ2v) is 3.68. The Morgan fingerprint density at radius 2 is 2.23 bits per heavy atom. The normalized spacial score (nSPS) is 11.0. The van der Waals surface area contributed by atoms with E-state index >= 15 is 0 Å². The van der Waals surface area contributed by atoms with Crippen LogP contribution in [0.15, 0.2) is 18.3 Å². The molecular formula is C10H12NO2. The Kier molecular flexibility index (Phi) is 2.66. The zero-order valence-corrected chi connectivity index (χ0v) is 8.00. The Morgan fingerprint density at radius 1 is 1.54 bits per heavy atom. The third-order valence-electron chi connectivity index (χ3n) is 1.25. The van der Waals surface area contributed by atoms with Gasteiger partial charge in [0.15, 0.2) is 0 Å². The minimum Gasteiger partial charge on any atom is -0.456 e. The maximum absolute atomic E-state index is 11.4. The largest absolute Gasteiger partial charge is 0.456 e. The number of pyridine rings is 1. The standard InChI is InChI=1S/C10H12NO2/c1-10(2,3)13-9(12)8-5-4-6-11-7-8/h4-5,7H,1-3H3. The Morgan fingerprint density at radius 3 is 2.69 bits per heavy atom. The van der Waals surface area contributed by atoms with Crippen molar-refractivity contribution in [2.24, 2.45) is 0 Å². The summed E-state index contributed by atoms with van der Waals surface area (Å²) in [6, 6.07) is 3.21. The second-order valence-electron chi connectivity index (χ2n) is 3.68. The molecule has 1 radical (unpaired) electrons. The van der Waals surface area contributed by atoms with Crippen LogP contribution < -0.4 is 0 Å². The maximum Gasteiger partial charge on any atom is 0.340 e. The van der Waals surface area contributed by atoms with Crippen LogP contribution >= 0.6 is 0 Å². The molecule has 0 aliphatic rings. The average molecular weight is 178 g/mol. The lowest BCUT2D eigenvalue weighted by Crippen LogP contribution is -2.23. The van der Waals surface area contributed by atoms with E-state index in [-0.39, 0.29) is 5.97 Å². The molecule has 0 saturated heterocycles. The van der Waals surface area contributed by atoms with Crippen LogP contribution in [-0.2, 0) is 4.74 Å². The number of esters is 1. The first-order valence-electron chi connectivity index (χ1n) is 4.04. The summed E-state index contributed by atoms with van der Waals surface area (Å²) in [5, 5.41) is 0. The van der Waals surface area contributed by atoms with Crippen molar-refractivity contribution in [2.75, 3.05) is 0 Å². The van der Waals surface area contributed by atoms with Crippen LogP contribution in [0.2, 0.25) is 0 Å². The van der Waals surface area contributed by atoms with Crippen molar-refractivity contribution in [3.05, 3.63) is 30.1 Å². The van der Waals surface area contributed by atoms with Gasteiger partial charge in [0.05, 0.1) is 11.8 Å². The van der Waals surface area contributed by atoms with Crippen LogP contribution in [-0.4, -0.2) is 16.6 Å². The van der Waals surface area contributed by atoms with Gasteiger partial charge < -0.3 is 4.74 Å². The fraction of sp³-hybridized carbons (Fsp3) is 0.400. The fourth-order valence-corrected chi connectivity index (χ4v) is 0.778. The molecule has 0 bridgehead atoms. The van der Waals surface area contributed by atoms with E-state index in [9.17, 15) is 4.79 Å². The SMILES string of the molecule is CC(C)(C)OC(=O)c1cc[c]nc1. The van der Waals surface area contributed by atoms with Gasteiger partial charge in [-0.1, -0.05) is 0 Å². The van der Waals surface area contributed by atoms with E-state index in [2.05, 4.69) is 11.2 Å². The first-order chi connectivity index (χ1) is 5.99. The molecule has 0 unspecified atom stereocenters. The highest BCUT2D eigenvalue weighted by molar-refractivity contribution is 5.89. The molecule has 0 spiro atoms. The zero-order chi connectivity index (χ0) is 9.90. The van der Waals surface area contributed by atoms with Crippen LogP contribution in [0.3, 0.4) is 0 Å². The molecule has 0 aliphatic carbocycles. The van der Waals surface area contributed by atoms with E-state index in [1.807, 2.05) is 20.8 Å². The number of nitrogens with zero attached hydrogens (tertiary/aromatic N) is 1. The molecule has 1 aromatic rings. The topological polar surface area (TPSA) is 39.2 Å². The molecule has 0 N–H and O–H groups in total. The summed E-state index contributed by atoms with van der Waals surface area (Å²) in [4.78, 5) is 15.1. The lowest BCUT2D eigenvalue weighted by atomic mass is 10.2. The Balaban J connectivity index is 2.71. The first-order valence-corrected chi connectivity index (χ1v) is 4.04. The number of rotatable bonds is 1. The lowest BCUT2D eigenvalue weighted by molar-refractivity contribution is 0.00691. The molecule has 1 heterocycles. The van der Waals surface area contributed by atoms with Crippen molar-refractivity contribution in [3.8, 4) is 0 Å². The van der Waals surface area contributed by atoms with E-state index in [0.29, 0.717) is 5.56 Å². The monoisotopic (exact) mass is 178 g/mol. The molecule has 0 fully saturated rings. The first kappa shape index (κ1) is 9.71. The Bertz CT molecular complexity index is 288. The van der Waals surface area contributed by atoms with Crippen LogP contribution in [0.1, 0.15) is 31.1 Å². The van der Waals surface area contributed by atoms with Gasteiger partial charge in [-0.15, -0.1) is 0 Å². The molecule has 1 rings (SSSR count). The van der Waals surface area contributed by atoms with Crippen LogP contribution in [0, 0.1) is 6.20 Å². The van der Waals surface area contributed by atoms with Crippen LogP contribution in [0.5, 0.6) is 0 Å². The van der Waals surface area contributed by atoms with Gasteiger partial charge in [-0.3, -0.25) is 4.98 Å². The highest BCUT2D eigenvalue weighted by atomic mass is 16.6. The summed E-state index contributed by atoms with van der Waals surface area (Å²) in [6.45, 7) is 5.48. The zero-order valence-electron chi connectivity index (χ0n) is 8.00. The van der Waals surface area contributed by atoms with Gasteiger partial charge in [-0.05, 0) is 32.9 Å². The number of carbonyl (C=O) groups excluding carboxylic acids is 1. The minimum atomic E-state index is -0.462. The average Bonchev–Trinajstić information content (AvgIpc) is 2.03. The summed E-state index contributed by atoms with van der Waals surface area (Å²) >= 11 is 0. The second kappa shape index (κ2) is 3.56. The lowest BCUT2D eigenvalue weighted by Gasteiger charge is -2.19. The number of carbonyl (C=O) groups is 1. The van der Waals surface area contributed by atoms with Gasteiger partial charge in [0.2, 0.25) is 0 Å². The van der Waals surface area contributed by atoms with E-state index in [0.717, 1.165) is 0 Å². The molecule has 0 atom stereocenters. The van der Waals surface area contributed by atoms with Crippen LogP contribution in [0.4, 0.5) is 0 Å². The van der Waals surface area contributed by atoms with Gasteiger partial charge in [-0.2, -0.15) is 0 Å². The summed E-state index contributed by atoms with van der Waals surface area (Å²) in [5.41, 5.74) is -0.00919. The molecule has 0 saturated carbocycles. The van der Waals surface area contributed by atoms with Gasteiger partial charge in [0.1, 0.15) is 5.60 Å². The van der Waals surface area contributed by atoms with E-state index < -0.39 is 5.60 Å². The van der Waals surface area contributed by atoms with Gasteiger partial charge in [0.25, 0.3) is 0 Å². The third-order valence-corrected chi connectivity index (χ3v) is 1.25. The van der Waals surface area contributed by atoms with Crippen LogP contribution in [0.25, 0.3) is 0 Å². The van der Waals surface area contributed by atoms with Crippen molar-refractivity contribution in [1.82, 2.24) is 4.98 Å². The highest BCUT2D eigenvalue weighted by Gasteiger charge is 2.17. The number of ether oxygens (including phenoxy) is 1. The third kappa shape index (κ3) is 3.23. The number of aromatic nitrogens is 1. The van der Waals surface area contributed by atoms with Crippen molar-refractivity contribution in [1.29, 1.82) is 0 Å². The molecule has 13 heavy (non-hydrogen) atoms. The minimum absolute atomic E-state index is 0.353. The van der Waals surface area contributed by atoms with E-state index in [1.54, 1.807) is 12.1 Å². The molecular weight excluding hydrogens is 166 g/mol. The molecule has 0 aliphatic heterocycles. The van der Waals surface area contributed by atoms with Crippen molar-refractivity contribution in [2.45, 2.75) is 26.4 Å². The molecule has 0 aromatic carbocycles. The smallest absolute Gasteiger partial charge is 0.340 e. The fourth-order valence-electron chi connectivity index (χ4n) is 0.778. The van der Waals surface area contributed by atoms with E-state index in [4.69, 9.17) is 4.74 Å². The molecule has 1 aromatic heterocycles. The molecule has 69 valence electrons. The van der Waals surface area contributed by atoms with E-state index in [1.165, 1.54) is 6.20 Å². The Hall–Kier alpha value is -1.38. The predicted octanol–water partition coefficient (Wildman–Crippen LogP) is 1.84. The number of hydrogen-bond donors (Lipinski definition) is 0. The summed E-state index contributed by atoms with van der Waals surface area (Å²) in [5.74, 6) is -0.353. The summed E-state index contributed by atoms with van der Waals surface area (Å²) in [7, 11) is 0. The van der Waals surface area contributed by atoms with Gasteiger partial charge in [0, 0.05) is 6.20 Å². The van der Waals surface area contributed by atoms with Gasteiger partial charge >= 0.3 is 5.97 Å². The van der Waals surface area contributed by atoms with Gasteiger partial charge in [-0.25, -0.2) is 4.79 Å².